The summed E-state index contributed by atoms with van der Waals surface area (Å²) < 4.78 is 17.4. The summed E-state index contributed by atoms with van der Waals surface area (Å²) in [6, 6.07) is 8.02. The lowest BCUT2D eigenvalue weighted by Crippen LogP contribution is -2.41. The van der Waals surface area contributed by atoms with Gasteiger partial charge in [0.2, 0.25) is 5.91 Å². The number of methoxy groups -OCH3 is 1. The van der Waals surface area contributed by atoms with Crippen LogP contribution in [0.2, 0.25) is 0 Å². The molecule has 27 heavy (non-hydrogen) atoms. The van der Waals surface area contributed by atoms with Crippen molar-refractivity contribution in [1.29, 1.82) is 0 Å². The van der Waals surface area contributed by atoms with Crippen LogP contribution >= 0.6 is 0 Å². The third-order valence-electron chi connectivity index (χ3n) is 5.81. The van der Waals surface area contributed by atoms with E-state index in [0.29, 0.717) is 26.1 Å². The first-order valence-corrected chi connectivity index (χ1v) is 9.61. The molecule has 1 fully saturated rings. The maximum absolute atomic E-state index is 12.7. The minimum Gasteiger partial charge on any atom is -0.400 e. The second kappa shape index (κ2) is 7.78. The van der Waals surface area contributed by atoms with E-state index < -0.39 is 0 Å². The Bertz CT molecular complexity index is 713. The number of nitrogens with zero attached hydrogens (tertiary/aromatic N) is 1. The second-order valence-corrected chi connectivity index (χ2v) is 8.39. The lowest BCUT2D eigenvalue weighted by Gasteiger charge is -2.32. The molecule has 0 aliphatic carbocycles. The second-order valence-electron chi connectivity index (χ2n) is 8.39. The van der Waals surface area contributed by atoms with Gasteiger partial charge < -0.3 is 18.9 Å². The fraction of sp³-hybridized carbons (Fsp3) is 0.571. The summed E-state index contributed by atoms with van der Waals surface area (Å²) in [6.07, 6.45) is 3.29. The van der Waals surface area contributed by atoms with Crippen LogP contribution in [0.5, 0.6) is 0 Å². The average molecular weight is 371 g/mol. The van der Waals surface area contributed by atoms with Gasteiger partial charge in [-0.15, -0.1) is 0 Å². The van der Waals surface area contributed by atoms with Gasteiger partial charge in [-0.1, -0.05) is 30.3 Å². The summed E-state index contributed by atoms with van der Waals surface area (Å²) in [5, 5.41) is 0. The van der Waals surface area contributed by atoms with Crippen molar-refractivity contribution in [2.45, 2.75) is 58.3 Å². The van der Waals surface area contributed by atoms with Crippen LogP contribution in [-0.2, 0) is 31.9 Å². The normalized spacial score (nSPS) is 21.3. The van der Waals surface area contributed by atoms with Gasteiger partial charge in [-0.05, 0) is 50.7 Å². The first-order chi connectivity index (χ1) is 12.7. The van der Waals surface area contributed by atoms with Crippen molar-refractivity contribution in [2.24, 2.45) is 0 Å². The molecule has 3 rings (SSSR count). The number of hydrogen-bond acceptors (Lipinski definition) is 4. The molecule has 0 atom stereocenters. The summed E-state index contributed by atoms with van der Waals surface area (Å²) in [7, 11) is 1.37. The third kappa shape index (κ3) is 4.45. The van der Waals surface area contributed by atoms with Gasteiger partial charge in [0.05, 0.1) is 24.2 Å². The highest BCUT2D eigenvalue weighted by Crippen LogP contribution is 2.39. The van der Waals surface area contributed by atoms with Crippen LogP contribution < -0.4 is 0 Å². The largest absolute Gasteiger partial charge is 0.490 e. The molecule has 1 amide bonds. The average Bonchev–Trinajstić information content (AvgIpc) is 2.83. The van der Waals surface area contributed by atoms with E-state index in [1.54, 1.807) is 7.11 Å². The SMILES string of the molecule is COCc1cccc(CC(=O)N2CC=C(B3OC(C)(C)C(C)(C)O3)CC2)c1. The van der Waals surface area contributed by atoms with Gasteiger partial charge in [0.15, 0.2) is 0 Å². The Labute approximate surface area is 162 Å². The monoisotopic (exact) mass is 371 g/mol. The highest BCUT2D eigenvalue weighted by atomic mass is 16.7. The maximum atomic E-state index is 12.7. The first kappa shape index (κ1) is 20.1. The van der Waals surface area contributed by atoms with Crippen molar-refractivity contribution in [2.75, 3.05) is 20.2 Å². The molecule has 2 aliphatic heterocycles. The Balaban J connectivity index is 1.58. The molecule has 6 heteroatoms. The smallest absolute Gasteiger partial charge is 0.400 e. The number of ether oxygens (including phenoxy) is 1. The summed E-state index contributed by atoms with van der Waals surface area (Å²) in [6.45, 7) is 10.1. The molecule has 1 saturated heterocycles. The highest BCUT2D eigenvalue weighted by molar-refractivity contribution is 6.54. The predicted octanol–water partition coefficient (Wildman–Crippen LogP) is 3.17. The van der Waals surface area contributed by atoms with Gasteiger partial charge in [0.25, 0.3) is 0 Å². The van der Waals surface area contributed by atoms with E-state index in [4.69, 9.17) is 14.0 Å². The van der Waals surface area contributed by atoms with Crippen molar-refractivity contribution in [3.63, 3.8) is 0 Å². The molecule has 0 aromatic heterocycles. The minimum absolute atomic E-state index is 0.147. The van der Waals surface area contributed by atoms with E-state index in [9.17, 15) is 4.79 Å². The van der Waals surface area contributed by atoms with Gasteiger partial charge in [-0.2, -0.15) is 0 Å². The molecule has 0 saturated carbocycles. The molecule has 2 aliphatic rings. The van der Waals surface area contributed by atoms with Crippen molar-refractivity contribution in [3.05, 3.63) is 46.9 Å². The topological polar surface area (TPSA) is 48.0 Å². The van der Waals surface area contributed by atoms with Gasteiger partial charge in [0, 0.05) is 20.2 Å². The summed E-state index contributed by atoms with van der Waals surface area (Å²) in [4.78, 5) is 14.6. The Morgan fingerprint density at radius 3 is 2.44 bits per heavy atom. The zero-order valence-electron chi connectivity index (χ0n) is 17.1. The molecule has 1 aromatic rings. The number of hydrogen-bond donors (Lipinski definition) is 0. The summed E-state index contributed by atoms with van der Waals surface area (Å²) in [5.74, 6) is 0.147. The number of carbonyl (C=O) groups excluding carboxylic acids is 1. The van der Waals surface area contributed by atoms with Crippen LogP contribution in [0.25, 0.3) is 0 Å². The molecule has 2 heterocycles. The highest BCUT2D eigenvalue weighted by Gasteiger charge is 2.52. The van der Waals surface area contributed by atoms with Gasteiger partial charge >= 0.3 is 7.12 Å². The summed E-state index contributed by atoms with van der Waals surface area (Å²) >= 11 is 0. The van der Waals surface area contributed by atoms with Crippen LogP contribution in [0.3, 0.4) is 0 Å². The van der Waals surface area contributed by atoms with E-state index in [1.807, 2.05) is 29.2 Å². The van der Waals surface area contributed by atoms with E-state index in [1.165, 1.54) is 0 Å². The molecular formula is C21H30BNO4. The zero-order valence-corrected chi connectivity index (χ0v) is 17.1. The Morgan fingerprint density at radius 2 is 1.85 bits per heavy atom. The van der Waals surface area contributed by atoms with E-state index in [-0.39, 0.29) is 24.2 Å². The van der Waals surface area contributed by atoms with Crippen LogP contribution in [0.1, 0.15) is 45.2 Å². The number of carbonyl (C=O) groups is 1. The van der Waals surface area contributed by atoms with Crippen molar-refractivity contribution >= 4 is 13.0 Å². The molecule has 0 N–H and O–H groups in total. The molecular weight excluding hydrogens is 341 g/mol. The fourth-order valence-corrected chi connectivity index (χ4v) is 3.40. The predicted molar refractivity (Wildman–Crippen MR) is 106 cm³/mol. The minimum atomic E-state index is -0.335. The van der Waals surface area contributed by atoms with Crippen molar-refractivity contribution in [3.8, 4) is 0 Å². The molecule has 0 unspecified atom stereocenters. The Hall–Kier alpha value is -1.63. The zero-order chi connectivity index (χ0) is 19.7. The van der Waals surface area contributed by atoms with Crippen LogP contribution in [0.4, 0.5) is 0 Å². The lowest BCUT2D eigenvalue weighted by molar-refractivity contribution is -0.130. The molecule has 146 valence electrons. The van der Waals surface area contributed by atoms with Crippen LogP contribution in [0.15, 0.2) is 35.8 Å². The van der Waals surface area contributed by atoms with Crippen molar-refractivity contribution < 1.29 is 18.8 Å². The van der Waals surface area contributed by atoms with Gasteiger partial charge in [-0.25, -0.2) is 0 Å². The summed E-state index contributed by atoms with van der Waals surface area (Å²) in [5.41, 5.74) is 2.58. The standard InChI is InChI=1S/C21H30BNO4/c1-20(2)21(3,4)27-22(26-20)18-9-11-23(12-10-18)19(24)14-16-7-6-8-17(13-16)15-25-5/h6-9,13H,10-12,14-15H2,1-5H3. The van der Waals surface area contributed by atoms with Crippen LogP contribution in [-0.4, -0.2) is 49.3 Å². The first-order valence-electron chi connectivity index (χ1n) is 9.61. The lowest BCUT2D eigenvalue weighted by atomic mass is 9.74. The number of rotatable bonds is 5. The van der Waals surface area contributed by atoms with E-state index >= 15 is 0 Å². The third-order valence-corrected chi connectivity index (χ3v) is 5.81. The molecule has 0 radical (unpaired) electrons. The molecule has 5 nitrogen and oxygen atoms in total. The van der Waals surface area contributed by atoms with E-state index in [2.05, 4.69) is 33.8 Å². The number of amides is 1. The van der Waals surface area contributed by atoms with Gasteiger partial charge in [0.1, 0.15) is 0 Å². The number of benzene rings is 1. The fourth-order valence-electron chi connectivity index (χ4n) is 3.40. The van der Waals surface area contributed by atoms with E-state index in [0.717, 1.165) is 23.0 Å². The van der Waals surface area contributed by atoms with Crippen molar-refractivity contribution in [1.82, 2.24) is 4.90 Å². The van der Waals surface area contributed by atoms with Gasteiger partial charge in [-0.3, -0.25) is 4.79 Å². The Kier molecular flexibility index (Phi) is 5.80. The Morgan fingerprint density at radius 1 is 1.19 bits per heavy atom. The van der Waals surface area contributed by atoms with Crippen LogP contribution in [0, 0.1) is 0 Å². The molecule has 0 spiro atoms. The quantitative estimate of drug-likeness (QED) is 0.746. The molecule has 1 aromatic carbocycles. The maximum Gasteiger partial charge on any atom is 0.490 e. The molecule has 0 bridgehead atoms.